The lowest BCUT2D eigenvalue weighted by Gasteiger charge is -2.07. The summed E-state index contributed by atoms with van der Waals surface area (Å²) in [6, 6.07) is 15.6. The second kappa shape index (κ2) is 9.38. The zero-order valence-corrected chi connectivity index (χ0v) is 19.3. The normalized spacial score (nSPS) is 10.9. The van der Waals surface area contributed by atoms with E-state index >= 15 is 0 Å². The molecule has 2 heterocycles. The number of hydrogen-bond donors (Lipinski definition) is 2. The number of fused-ring (bicyclic) bond motifs is 1. The maximum atomic E-state index is 12.6. The highest BCUT2D eigenvalue weighted by Gasteiger charge is 2.24. The van der Waals surface area contributed by atoms with Gasteiger partial charge in [-0.1, -0.05) is 24.3 Å². The monoisotopic (exact) mass is 461 g/mol. The summed E-state index contributed by atoms with van der Waals surface area (Å²) in [7, 11) is 1.27. The Kier molecular flexibility index (Phi) is 6.37. The number of anilines is 1. The Balaban J connectivity index is 1.44. The van der Waals surface area contributed by atoms with Crippen LogP contribution in [0.2, 0.25) is 0 Å². The molecule has 8 heteroatoms. The zero-order chi connectivity index (χ0) is 23.5. The number of methoxy groups -OCH3 is 1. The summed E-state index contributed by atoms with van der Waals surface area (Å²) in [5.41, 5.74) is 4.10. The Morgan fingerprint density at radius 2 is 1.82 bits per heavy atom. The van der Waals surface area contributed by atoms with E-state index in [-0.39, 0.29) is 23.7 Å². The smallest absolute Gasteiger partial charge is 0.339 e. The number of aromatic amines is 1. The highest BCUT2D eigenvalue weighted by atomic mass is 32.1. The van der Waals surface area contributed by atoms with Crippen molar-refractivity contribution in [3.8, 4) is 0 Å². The number of ether oxygens (including phenoxy) is 1. The number of carbonyl (C=O) groups is 3. The van der Waals surface area contributed by atoms with Crippen LogP contribution in [0.15, 0.2) is 48.5 Å². The SMILES string of the molecule is COC(=O)c1c(CC(=O)Nc2ccc(Cc3nc4ccccc4s3)cc2)[nH]c(C(C)=O)c1C. The van der Waals surface area contributed by atoms with E-state index in [9.17, 15) is 14.4 Å². The molecule has 168 valence electrons. The van der Waals surface area contributed by atoms with E-state index in [1.54, 1.807) is 18.3 Å². The summed E-state index contributed by atoms with van der Waals surface area (Å²) in [6.07, 6.45) is 0.623. The number of Topliss-reactive ketones (excluding diaryl/α,β-unsaturated/α-hetero) is 1. The van der Waals surface area contributed by atoms with Crippen LogP contribution in [0.4, 0.5) is 5.69 Å². The van der Waals surface area contributed by atoms with Gasteiger partial charge in [0.2, 0.25) is 5.91 Å². The Hall–Kier alpha value is -3.78. The van der Waals surface area contributed by atoms with Crippen LogP contribution in [0.3, 0.4) is 0 Å². The highest BCUT2D eigenvalue weighted by Crippen LogP contribution is 2.24. The number of nitrogens with zero attached hydrogens (tertiary/aromatic N) is 1. The number of para-hydroxylation sites is 1. The molecule has 0 spiro atoms. The fraction of sp³-hybridized carbons (Fsp3) is 0.200. The molecule has 2 N–H and O–H groups in total. The second-order valence-electron chi connectivity index (χ2n) is 7.70. The van der Waals surface area contributed by atoms with Gasteiger partial charge < -0.3 is 15.0 Å². The maximum absolute atomic E-state index is 12.6. The van der Waals surface area contributed by atoms with Crippen LogP contribution in [0.5, 0.6) is 0 Å². The number of aromatic nitrogens is 2. The van der Waals surface area contributed by atoms with Gasteiger partial charge in [-0.25, -0.2) is 9.78 Å². The number of hydrogen-bond acceptors (Lipinski definition) is 6. The Morgan fingerprint density at radius 3 is 2.48 bits per heavy atom. The number of ketones is 1. The summed E-state index contributed by atoms with van der Waals surface area (Å²) in [5, 5.41) is 3.87. The number of benzene rings is 2. The first-order valence-electron chi connectivity index (χ1n) is 10.4. The van der Waals surface area contributed by atoms with Crippen LogP contribution >= 0.6 is 11.3 Å². The molecule has 33 heavy (non-hydrogen) atoms. The average Bonchev–Trinajstić information content (AvgIpc) is 3.34. The van der Waals surface area contributed by atoms with Gasteiger partial charge in [-0.3, -0.25) is 9.59 Å². The Bertz CT molecular complexity index is 1320. The quantitative estimate of drug-likeness (QED) is 0.307. The molecule has 0 aliphatic heterocycles. The molecule has 0 aliphatic carbocycles. The van der Waals surface area contributed by atoms with Gasteiger partial charge in [0, 0.05) is 24.7 Å². The molecule has 0 saturated heterocycles. The highest BCUT2D eigenvalue weighted by molar-refractivity contribution is 7.18. The molecular formula is C25H23N3O4S. The van der Waals surface area contributed by atoms with Crippen LogP contribution in [-0.2, 0) is 22.4 Å². The van der Waals surface area contributed by atoms with Crippen LogP contribution in [-0.4, -0.2) is 34.7 Å². The first kappa shape index (κ1) is 22.4. The summed E-state index contributed by atoms with van der Waals surface area (Å²) >= 11 is 1.67. The molecule has 4 rings (SSSR count). The Labute approximate surface area is 194 Å². The molecule has 0 fully saturated rings. The van der Waals surface area contributed by atoms with Crippen LogP contribution in [0, 0.1) is 6.92 Å². The van der Waals surface area contributed by atoms with E-state index < -0.39 is 5.97 Å². The van der Waals surface area contributed by atoms with Crippen molar-refractivity contribution in [2.75, 3.05) is 12.4 Å². The van der Waals surface area contributed by atoms with E-state index in [1.165, 1.54) is 14.0 Å². The van der Waals surface area contributed by atoms with E-state index in [4.69, 9.17) is 4.74 Å². The second-order valence-corrected chi connectivity index (χ2v) is 8.82. The fourth-order valence-corrected chi connectivity index (χ4v) is 4.76. The third-order valence-corrected chi connectivity index (χ3v) is 6.37. The number of H-pyrrole nitrogens is 1. The molecule has 0 bridgehead atoms. The van der Waals surface area contributed by atoms with Crippen LogP contribution in [0.1, 0.15) is 49.6 Å². The minimum absolute atomic E-state index is 0.0913. The molecule has 2 aromatic carbocycles. The van der Waals surface area contributed by atoms with Crippen molar-refractivity contribution in [3.05, 3.63) is 81.6 Å². The minimum Gasteiger partial charge on any atom is -0.465 e. The topological polar surface area (TPSA) is 101 Å². The summed E-state index contributed by atoms with van der Waals surface area (Å²) in [5.74, 6) is -1.11. The predicted molar refractivity (Wildman–Crippen MR) is 128 cm³/mol. The number of amides is 1. The van der Waals surface area contributed by atoms with Gasteiger partial charge in [-0.2, -0.15) is 0 Å². The molecule has 0 atom stereocenters. The van der Waals surface area contributed by atoms with Crippen molar-refractivity contribution in [1.29, 1.82) is 0 Å². The van der Waals surface area contributed by atoms with Gasteiger partial charge in [0.25, 0.3) is 0 Å². The number of thiazole rings is 1. The molecule has 0 aliphatic rings. The van der Waals surface area contributed by atoms with Gasteiger partial charge in [0.05, 0.1) is 40.0 Å². The van der Waals surface area contributed by atoms with Crippen molar-refractivity contribution < 1.29 is 19.1 Å². The van der Waals surface area contributed by atoms with Crippen molar-refractivity contribution >= 4 is 44.9 Å². The zero-order valence-electron chi connectivity index (χ0n) is 18.5. The molecule has 0 unspecified atom stereocenters. The van der Waals surface area contributed by atoms with Crippen molar-refractivity contribution in [3.63, 3.8) is 0 Å². The number of carbonyl (C=O) groups excluding carboxylic acids is 3. The maximum Gasteiger partial charge on any atom is 0.339 e. The number of nitrogens with one attached hydrogen (secondary N) is 2. The van der Waals surface area contributed by atoms with Crippen molar-refractivity contribution in [1.82, 2.24) is 9.97 Å². The molecule has 4 aromatic rings. The van der Waals surface area contributed by atoms with E-state index in [2.05, 4.69) is 21.4 Å². The molecule has 7 nitrogen and oxygen atoms in total. The Morgan fingerprint density at radius 1 is 1.09 bits per heavy atom. The third kappa shape index (κ3) is 4.85. The number of esters is 1. The first-order valence-corrected chi connectivity index (χ1v) is 11.2. The lowest BCUT2D eigenvalue weighted by molar-refractivity contribution is -0.115. The molecule has 2 aromatic heterocycles. The van der Waals surface area contributed by atoms with E-state index in [0.717, 1.165) is 20.8 Å². The first-order chi connectivity index (χ1) is 15.9. The van der Waals surface area contributed by atoms with Crippen LogP contribution < -0.4 is 5.32 Å². The van der Waals surface area contributed by atoms with Gasteiger partial charge in [-0.05, 0) is 42.3 Å². The largest absolute Gasteiger partial charge is 0.465 e. The molecule has 0 saturated carbocycles. The molecule has 1 amide bonds. The summed E-state index contributed by atoms with van der Waals surface area (Å²) in [6.45, 7) is 3.06. The molecular weight excluding hydrogens is 438 g/mol. The lowest BCUT2D eigenvalue weighted by Crippen LogP contribution is -2.17. The third-order valence-electron chi connectivity index (χ3n) is 5.34. The van der Waals surface area contributed by atoms with E-state index in [1.807, 2.05) is 42.5 Å². The van der Waals surface area contributed by atoms with Gasteiger partial charge in [-0.15, -0.1) is 11.3 Å². The average molecular weight is 462 g/mol. The predicted octanol–water partition coefficient (Wildman–Crippen LogP) is 4.69. The molecule has 0 radical (unpaired) electrons. The van der Waals surface area contributed by atoms with Crippen molar-refractivity contribution in [2.45, 2.75) is 26.7 Å². The van der Waals surface area contributed by atoms with E-state index in [0.29, 0.717) is 29.1 Å². The standard InChI is InChI=1S/C25H23N3O4S/c1-14-23(25(31)32-3)19(28-24(14)15(2)29)13-21(30)26-17-10-8-16(9-11-17)12-22-27-18-6-4-5-7-20(18)33-22/h4-11,28H,12-13H2,1-3H3,(H,26,30). The van der Waals surface area contributed by atoms with Gasteiger partial charge >= 0.3 is 5.97 Å². The minimum atomic E-state index is -0.585. The fourth-order valence-electron chi connectivity index (χ4n) is 3.76. The summed E-state index contributed by atoms with van der Waals surface area (Å²) < 4.78 is 5.99. The lowest BCUT2D eigenvalue weighted by atomic mass is 10.1. The number of rotatable bonds is 7. The van der Waals surface area contributed by atoms with Gasteiger partial charge in [0.15, 0.2) is 5.78 Å². The van der Waals surface area contributed by atoms with Gasteiger partial charge in [0.1, 0.15) is 0 Å². The summed E-state index contributed by atoms with van der Waals surface area (Å²) in [4.78, 5) is 44.2. The van der Waals surface area contributed by atoms with Crippen molar-refractivity contribution in [2.24, 2.45) is 0 Å². The van der Waals surface area contributed by atoms with Crippen LogP contribution in [0.25, 0.3) is 10.2 Å².